The van der Waals surface area contributed by atoms with Gasteiger partial charge >= 0.3 is 0 Å². The van der Waals surface area contributed by atoms with E-state index in [1.165, 1.54) is 12.8 Å². The summed E-state index contributed by atoms with van der Waals surface area (Å²) < 4.78 is 0. The predicted octanol–water partition coefficient (Wildman–Crippen LogP) is 0.349. The number of rotatable bonds is 4. The van der Waals surface area contributed by atoms with Gasteiger partial charge in [0.05, 0.1) is 0 Å². The molecule has 1 aromatic heterocycles. The van der Waals surface area contributed by atoms with E-state index in [9.17, 15) is 0 Å². The molecule has 0 atom stereocenters. The maximum atomic E-state index is 8.69. The van der Waals surface area contributed by atoms with Crippen LogP contribution in [0, 0.1) is 5.92 Å². The highest BCUT2D eigenvalue weighted by atomic mass is 16.4. The third kappa shape index (κ3) is 3.57. The van der Waals surface area contributed by atoms with Crippen molar-refractivity contribution < 1.29 is 5.21 Å². The average Bonchev–Trinajstić information content (AvgIpc) is 2.49. The van der Waals surface area contributed by atoms with Crippen molar-refractivity contribution in [3.8, 4) is 0 Å². The predicted molar refractivity (Wildman–Crippen MR) is 78.0 cm³/mol. The van der Waals surface area contributed by atoms with Crippen molar-refractivity contribution in [2.24, 2.45) is 16.8 Å². The van der Waals surface area contributed by atoms with Crippen LogP contribution in [0.1, 0.15) is 18.5 Å². The highest BCUT2D eigenvalue weighted by Gasteiger charge is 2.19. The molecule has 3 N–H and O–H groups in total. The van der Waals surface area contributed by atoms with E-state index in [-0.39, 0.29) is 5.84 Å². The molecule has 0 radical (unpaired) electrons. The van der Waals surface area contributed by atoms with Gasteiger partial charge in [0.1, 0.15) is 5.69 Å². The van der Waals surface area contributed by atoms with E-state index < -0.39 is 0 Å². The number of amidine groups is 1. The summed E-state index contributed by atoms with van der Waals surface area (Å²) >= 11 is 0. The Balaban J connectivity index is 2.00. The molecule has 7 nitrogen and oxygen atoms in total. The van der Waals surface area contributed by atoms with Gasteiger partial charge in [-0.25, -0.2) is 9.97 Å². The molecule has 0 amide bonds. The van der Waals surface area contributed by atoms with Crippen LogP contribution in [0.25, 0.3) is 0 Å². The maximum absolute atomic E-state index is 8.69. The molecule has 0 bridgehead atoms. The molecule has 2 rings (SSSR count). The summed E-state index contributed by atoms with van der Waals surface area (Å²) in [6, 6.07) is 1.63. The number of piperidine rings is 1. The van der Waals surface area contributed by atoms with Crippen LogP contribution < -0.4 is 10.6 Å². The summed E-state index contributed by atoms with van der Waals surface area (Å²) in [6.45, 7) is 3.21. The number of anilines is 1. The molecule has 1 aliphatic heterocycles. The SMILES string of the molecule is CN1CCC(CN(C)c2nccc(/C(N)=N/O)n2)CC1. The quantitative estimate of drug-likeness (QED) is 0.357. The van der Waals surface area contributed by atoms with Gasteiger partial charge < -0.3 is 20.7 Å². The van der Waals surface area contributed by atoms with E-state index in [1.54, 1.807) is 12.3 Å². The fourth-order valence-corrected chi connectivity index (χ4v) is 2.44. The molecule has 1 fully saturated rings. The lowest BCUT2D eigenvalue weighted by Gasteiger charge is -2.31. The minimum absolute atomic E-state index is 0.00124. The smallest absolute Gasteiger partial charge is 0.225 e. The molecule has 1 saturated heterocycles. The third-order valence-electron chi connectivity index (χ3n) is 3.72. The van der Waals surface area contributed by atoms with E-state index in [1.807, 2.05) is 11.9 Å². The summed E-state index contributed by atoms with van der Waals surface area (Å²) in [4.78, 5) is 12.9. The normalized spacial score (nSPS) is 18.2. The van der Waals surface area contributed by atoms with Crippen LogP contribution in [0.4, 0.5) is 5.95 Å². The summed E-state index contributed by atoms with van der Waals surface area (Å²) in [6.07, 6.45) is 4.02. The van der Waals surface area contributed by atoms with Crippen LogP contribution in [0.15, 0.2) is 17.4 Å². The van der Waals surface area contributed by atoms with Gasteiger partial charge in [0.15, 0.2) is 5.84 Å². The number of aromatic nitrogens is 2. The first kappa shape index (κ1) is 14.5. The fourth-order valence-electron chi connectivity index (χ4n) is 2.44. The van der Waals surface area contributed by atoms with Gasteiger partial charge in [-0.3, -0.25) is 0 Å². The second kappa shape index (κ2) is 6.51. The minimum atomic E-state index is 0.00124. The molecule has 110 valence electrons. The molecule has 2 heterocycles. The van der Waals surface area contributed by atoms with Crippen LogP contribution in [0.3, 0.4) is 0 Å². The Bertz CT molecular complexity index is 470. The lowest BCUT2D eigenvalue weighted by atomic mass is 9.97. The highest BCUT2D eigenvalue weighted by Crippen LogP contribution is 2.18. The Kier molecular flexibility index (Phi) is 4.73. The number of nitrogens with zero attached hydrogens (tertiary/aromatic N) is 5. The molecule has 0 aromatic carbocycles. The average molecular weight is 278 g/mol. The molecule has 20 heavy (non-hydrogen) atoms. The number of oxime groups is 1. The number of nitrogens with two attached hydrogens (primary N) is 1. The number of hydrogen-bond donors (Lipinski definition) is 2. The molecule has 1 aliphatic rings. The maximum Gasteiger partial charge on any atom is 0.225 e. The monoisotopic (exact) mass is 278 g/mol. The van der Waals surface area contributed by atoms with E-state index >= 15 is 0 Å². The van der Waals surface area contributed by atoms with E-state index in [4.69, 9.17) is 10.9 Å². The molecular formula is C13H22N6O. The lowest BCUT2D eigenvalue weighted by molar-refractivity contribution is 0.222. The zero-order valence-electron chi connectivity index (χ0n) is 12.0. The Morgan fingerprint density at radius 2 is 2.25 bits per heavy atom. The minimum Gasteiger partial charge on any atom is -0.409 e. The zero-order chi connectivity index (χ0) is 14.5. The van der Waals surface area contributed by atoms with Gasteiger partial charge in [-0.1, -0.05) is 5.16 Å². The van der Waals surface area contributed by atoms with Crippen molar-refractivity contribution in [1.82, 2.24) is 14.9 Å². The van der Waals surface area contributed by atoms with Gasteiger partial charge in [-0.2, -0.15) is 0 Å². The third-order valence-corrected chi connectivity index (χ3v) is 3.72. The van der Waals surface area contributed by atoms with Crippen LogP contribution >= 0.6 is 0 Å². The first-order valence-electron chi connectivity index (χ1n) is 6.80. The topological polar surface area (TPSA) is 90.9 Å². The van der Waals surface area contributed by atoms with Gasteiger partial charge in [-0.05, 0) is 45.0 Å². The number of likely N-dealkylation sites (tertiary alicyclic amines) is 1. The standard InChI is InChI=1S/C13H22N6O/c1-18-7-4-10(5-8-18)9-19(2)13-15-6-3-11(16-13)12(14)17-20/h3,6,10,20H,4-5,7-9H2,1-2H3,(H2,14,17). The van der Waals surface area contributed by atoms with E-state index in [2.05, 4.69) is 27.1 Å². The Hall–Kier alpha value is -1.89. The highest BCUT2D eigenvalue weighted by molar-refractivity contribution is 5.95. The second-order valence-corrected chi connectivity index (χ2v) is 5.35. The fraction of sp³-hybridized carbons (Fsp3) is 0.615. The van der Waals surface area contributed by atoms with Crippen molar-refractivity contribution in [3.63, 3.8) is 0 Å². The molecule has 1 aromatic rings. The van der Waals surface area contributed by atoms with Crippen molar-refractivity contribution in [3.05, 3.63) is 18.0 Å². The van der Waals surface area contributed by atoms with Gasteiger partial charge in [0, 0.05) is 19.8 Å². The second-order valence-electron chi connectivity index (χ2n) is 5.35. The summed E-state index contributed by atoms with van der Waals surface area (Å²) in [5.74, 6) is 1.27. The molecule has 0 unspecified atom stereocenters. The van der Waals surface area contributed by atoms with Gasteiger partial charge in [0.25, 0.3) is 0 Å². The van der Waals surface area contributed by atoms with Gasteiger partial charge in [0.2, 0.25) is 5.95 Å². The largest absolute Gasteiger partial charge is 0.409 e. The molecule has 0 aliphatic carbocycles. The van der Waals surface area contributed by atoms with Crippen molar-refractivity contribution in [2.45, 2.75) is 12.8 Å². The lowest BCUT2D eigenvalue weighted by Crippen LogP contribution is -2.36. The molecule has 0 saturated carbocycles. The number of hydrogen-bond acceptors (Lipinski definition) is 6. The summed E-state index contributed by atoms with van der Waals surface area (Å²) in [5, 5.41) is 11.7. The Morgan fingerprint density at radius 1 is 1.55 bits per heavy atom. The van der Waals surface area contributed by atoms with Crippen LogP contribution in [0.5, 0.6) is 0 Å². The Labute approximate surface area is 119 Å². The molecule has 7 heteroatoms. The van der Waals surface area contributed by atoms with Crippen LogP contribution in [-0.2, 0) is 0 Å². The van der Waals surface area contributed by atoms with Crippen LogP contribution in [0.2, 0.25) is 0 Å². The van der Waals surface area contributed by atoms with Crippen LogP contribution in [-0.4, -0.2) is 59.6 Å². The molecule has 0 spiro atoms. The van der Waals surface area contributed by atoms with E-state index in [0.29, 0.717) is 17.6 Å². The Morgan fingerprint density at radius 3 is 2.90 bits per heavy atom. The molecular weight excluding hydrogens is 256 g/mol. The van der Waals surface area contributed by atoms with Crippen molar-refractivity contribution in [1.29, 1.82) is 0 Å². The zero-order valence-corrected chi connectivity index (χ0v) is 12.0. The van der Waals surface area contributed by atoms with Crippen molar-refractivity contribution in [2.75, 3.05) is 38.6 Å². The summed E-state index contributed by atoms with van der Waals surface area (Å²) in [5.41, 5.74) is 5.99. The van der Waals surface area contributed by atoms with Crippen molar-refractivity contribution >= 4 is 11.8 Å². The summed E-state index contributed by atoms with van der Waals surface area (Å²) in [7, 11) is 4.13. The van der Waals surface area contributed by atoms with E-state index in [0.717, 1.165) is 19.6 Å². The first-order chi connectivity index (χ1) is 9.60. The van der Waals surface area contributed by atoms with Gasteiger partial charge in [-0.15, -0.1) is 0 Å². The first-order valence-corrected chi connectivity index (χ1v) is 6.80.